The van der Waals surface area contributed by atoms with E-state index in [1.807, 2.05) is 42.7 Å². The smallest absolute Gasteiger partial charge is 0.270 e. The molecular weight excluding hydrogens is 442 g/mol. The highest BCUT2D eigenvalue weighted by molar-refractivity contribution is 7.92. The first-order chi connectivity index (χ1) is 15.8. The van der Waals surface area contributed by atoms with Crippen LogP contribution in [0.25, 0.3) is 11.0 Å². The Kier molecular flexibility index (Phi) is 5.93. The van der Waals surface area contributed by atoms with Gasteiger partial charge in [-0.3, -0.25) is 14.8 Å². The van der Waals surface area contributed by atoms with Crippen LogP contribution >= 0.6 is 0 Å². The molecule has 4 aromatic rings. The molecule has 0 amide bonds. The molecule has 0 aliphatic heterocycles. The maximum absolute atomic E-state index is 12.9. The van der Waals surface area contributed by atoms with Crippen LogP contribution in [-0.2, 0) is 16.6 Å². The number of imidazole rings is 1. The number of sulfonamides is 1. The van der Waals surface area contributed by atoms with Crippen LogP contribution in [0.3, 0.4) is 0 Å². The lowest BCUT2D eigenvalue weighted by atomic mass is 10.2. The number of aromatic nitrogens is 2. The van der Waals surface area contributed by atoms with Gasteiger partial charge in [-0.25, -0.2) is 18.4 Å². The van der Waals surface area contributed by atoms with E-state index in [4.69, 9.17) is 0 Å². The molecule has 0 bridgehead atoms. The molecule has 0 spiro atoms. The second-order valence-corrected chi connectivity index (χ2v) is 9.03. The Morgan fingerprint density at radius 2 is 1.85 bits per heavy atom. The van der Waals surface area contributed by atoms with E-state index in [9.17, 15) is 18.5 Å². The van der Waals surface area contributed by atoms with Gasteiger partial charge in [-0.05, 0) is 44.2 Å². The molecule has 0 saturated carbocycles. The highest BCUT2D eigenvalue weighted by Crippen LogP contribution is 2.26. The first-order valence-electron chi connectivity index (χ1n) is 10.2. The van der Waals surface area contributed by atoms with E-state index in [-0.39, 0.29) is 21.8 Å². The van der Waals surface area contributed by atoms with Crippen molar-refractivity contribution in [1.29, 1.82) is 0 Å². The lowest BCUT2D eigenvalue weighted by Gasteiger charge is -2.11. The molecular formula is C23H21N5O4S. The summed E-state index contributed by atoms with van der Waals surface area (Å²) < 4.78 is 30.2. The molecule has 10 heteroatoms. The molecule has 9 nitrogen and oxygen atoms in total. The van der Waals surface area contributed by atoms with Crippen LogP contribution in [0.1, 0.15) is 18.1 Å². The Morgan fingerprint density at radius 3 is 2.55 bits per heavy atom. The van der Waals surface area contributed by atoms with E-state index in [1.54, 1.807) is 12.1 Å². The number of hydrogen-bond donors (Lipinski definition) is 1. The van der Waals surface area contributed by atoms with Gasteiger partial charge in [-0.1, -0.05) is 29.8 Å². The molecule has 0 aliphatic carbocycles. The highest BCUT2D eigenvalue weighted by atomic mass is 32.2. The third-order valence-corrected chi connectivity index (χ3v) is 6.47. The Bertz CT molecular complexity index is 1470. The van der Waals surface area contributed by atoms with Crippen LogP contribution in [0, 0.1) is 17.0 Å². The quantitative estimate of drug-likeness (QED) is 0.239. The SMILES string of the molecule is CCn1c(N=Cc2cc([N+](=O)[O-])ccc2NS(=O)(=O)c2ccc(C)cc2)nc2ccccc21. The Balaban J connectivity index is 1.75. The molecule has 0 radical (unpaired) electrons. The molecule has 168 valence electrons. The van der Waals surface area contributed by atoms with E-state index in [0.717, 1.165) is 16.6 Å². The predicted octanol–water partition coefficient (Wildman–Crippen LogP) is 4.82. The summed E-state index contributed by atoms with van der Waals surface area (Å²) in [6.07, 6.45) is 1.38. The topological polar surface area (TPSA) is 119 Å². The van der Waals surface area contributed by atoms with Gasteiger partial charge >= 0.3 is 0 Å². The molecule has 1 aromatic heterocycles. The molecule has 3 aromatic carbocycles. The van der Waals surface area contributed by atoms with Gasteiger partial charge in [0.15, 0.2) is 0 Å². The molecule has 4 rings (SSSR count). The van der Waals surface area contributed by atoms with E-state index >= 15 is 0 Å². The number of nitrogens with one attached hydrogen (secondary N) is 1. The van der Waals surface area contributed by atoms with Crippen LogP contribution in [0.4, 0.5) is 17.3 Å². The second-order valence-electron chi connectivity index (χ2n) is 7.35. The largest absolute Gasteiger partial charge is 0.309 e. The lowest BCUT2D eigenvalue weighted by molar-refractivity contribution is -0.384. The van der Waals surface area contributed by atoms with E-state index < -0.39 is 14.9 Å². The molecule has 0 aliphatic rings. The lowest BCUT2D eigenvalue weighted by Crippen LogP contribution is -2.14. The maximum Gasteiger partial charge on any atom is 0.270 e. The Hall–Kier alpha value is -4.05. The van der Waals surface area contributed by atoms with Crippen LogP contribution in [0.5, 0.6) is 0 Å². The number of aryl methyl sites for hydroxylation is 2. The van der Waals surface area contributed by atoms with Crippen molar-refractivity contribution in [3.63, 3.8) is 0 Å². The zero-order valence-electron chi connectivity index (χ0n) is 18.0. The molecule has 0 unspecified atom stereocenters. The number of anilines is 1. The summed E-state index contributed by atoms with van der Waals surface area (Å²) in [6, 6.07) is 17.8. The van der Waals surface area contributed by atoms with Crippen LogP contribution in [-0.4, -0.2) is 29.1 Å². The zero-order valence-corrected chi connectivity index (χ0v) is 18.8. The van der Waals surface area contributed by atoms with E-state index in [0.29, 0.717) is 12.5 Å². The minimum atomic E-state index is -3.90. The number of para-hydroxylation sites is 2. The van der Waals surface area contributed by atoms with Crippen LogP contribution < -0.4 is 4.72 Å². The van der Waals surface area contributed by atoms with Gasteiger partial charge in [0, 0.05) is 30.5 Å². The van der Waals surface area contributed by atoms with Gasteiger partial charge in [0.1, 0.15) is 0 Å². The number of nitro groups is 1. The van der Waals surface area contributed by atoms with Gasteiger partial charge in [-0.15, -0.1) is 0 Å². The first kappa shape index (κ1) is 22.2. The summed E-state index contributed by atoms with van der Waals surface area (Å²) in [5.41, 5.74) is 2.84. The third-order valence-electron chi connectivity index (χ3n) is 5.09. The third kappa shape index (κ3) is 4.60. The van der Waals surface area contributed by atoms with Crippen molar-refractivity contribution in [1.82, 2.24) is 9.55 Å². The highest BCUT2D eigenvalue weighted by Gasteiger charge is 2.18. The average Bonchev–Trinajstić information content (AvgIpc) is 3.15. The van der Waals surface area contributed by atoms with Gasteiger partial charge < -0.3 is 4.57 Å². The van der Waals surface area contributed by atoms with Crippen molar-refractivity contribution in [3.8, 4) is 0 Å². The molecule has 1 heterocycles. The molecule has 0 atom stereocenters. The van der Waals surface area contributed by atoms with Crippen molar-refractivity contribution >= 4 is 44.6 Å². The molecule has 33 heavy (non-hydrogen) atoms. The average molecular weight is 464 g/mol. The summed E-state index contributed by atoms with van der Waals surface area (Å²) in [5, 5.41) is 11.3. The number of nitrogens with zero attached hydrogens (tertiary/aromatic N) is 4. The minimum Gasteiger partial charge on any atom is -0.309 e. The maximum atomic E-state index is 12.9. The van der Waals surface area contributed by atoms with Crippen molar-refractivity contribution in [2.75, 3.05) is 4.72 Å². The number of fused-ring (bicyclic) bond motifs is 1. The fraction of sp³-hybridized carbons (Fsp3) is 0.130. The Labute approximate surface area is 190 Å². The number of nitro benzene ring substituents is 1. The minimum absolute atomic E-state index is 0.0853. The number of aliphatic imine (C=N–C) groups is 1. The summed E-state index contributed by atoms with van der Waals surface area (Å²) in [4.78, 5) is 19.8. The Morgan fingerprint density at radius 1 is 1.12 bits per heavy atom. The number of non-ortho nitro benzene ring substituents is 1. The summed E-state index contributed by atoms with van der Waals surface area (Å²) in [7, 11) is -3.90. The zero-order chi connectivity index (χ0) is 23.6. The van der Waals surface area contributed by atoms with Gasteiger partial charge in [0.05, 0.1) is 26.5 Å². The van der Waals surface area contributed by atoms with Gasteiger partial charge in [0.25, 0.3) is 15.7 Å². The molecule has 0 saturated heterocycles. The van der Waals surface area contributed by atoms with Crippen molar-refractivity contribution < 1.29 is 13.3 Å². The van der Waals surface area contributed by atoms with E-state index in [2.05, 4.69) is 14.7 Å². The first-order valence-corrected chi connectivity index (χ1v) is 11.6. The van der Waals surface area contributed by atoms with Crippen LogP contribution in [0.15, 0.2) is 76.6 Å². The van der Waals surface area contributed by atoms with Crippen molar-refractivity contribution in [3.05, 3.63) is 88.0 Å². The second kappa shape index (κ2) is 8.83. The van der Waals surface area contributed by atoms with Crippen molar-refractivity contribution in [2.24, 2.45) is 4.99 Å². The van der Waals surface area contributed by atoms with Crippen LogP contribution in [0.2, 0.25) is 0 Å². The molecule has 1 N–H and O–H groups in total. The summed E-state index contributed by atoms with van der Waals surface area (Å²) in [6.45, 7) is 4.44. The van der Waals surface area contributed by atoms with Gasteiger partial charge in [0.2, 0.25) is 5.95 Å². The summed E-state index contributed by atoms with van der Waals surface area (Å²) in [5.74, 6) is 0.414. The fourth-order valence-electron chi connectivity index (χ4n) is 3.38. The standard InChI is InChI=1S/C23H21N5O4S/c1-3-27-22-7-5-4-6-21(22)25-23(27)24-15-17-14-18(28(29)30)10-13-20(17)26-33(31,32)19-11-8-16(2)9-12-19/h4-15,26H,3H2,1-2H3. The van der Waals surface area contributed by atoms with Gasteiger partial charge in [-0.2, -0.15) is 0 Å². The monoisotopic (exact) mass is 463 g/mol. The predicted molar refractivity (Wildman–Crippen MR) is 128 cm³/mol. The van der Waals surface area contributed by atoms with Crippen molar-refractivity contribution in [2.45, 2.75) is 25.3 Å². The van der Waals surface area contributed by atoms with E-state index in [1.165, 1.54) is 36.5 Å². The fourth-order valence-corrected chi connectivity index (χ4v) is 4.47. The number of hydrogen-bond acceptors (Lipinski definition) is 6. The number of rotatable bonds is 7. The number of benzene rings is 3. The normalized spacial score (nSPS) is 11.8. The summed E-state index contributed by atoms with van der Waals surface area (Å²) >= 11 is 0. The molecule has 0 fully saturated rings.